The van der Waals surface area contributed by atoms with Crippen LogP contribution in [0.15, 0.2) is 36.5 Å². The third kappa shape index (κ3) is 6.39. The zero-order chi connectivity index (χ0) is 14.0. The van der Waals surface area contributed by atoms with Gasteiger partial charge in [-0.2, -0.15) is 0 Å². The number of hydrogen-bond acceptors (Lipinski definition) is 1. The van der Waals surface area contributed by atoms with Gasteiger partial charge in [0.2, 0.25) is 0 Å². The van der Waals surface area contributed by atoms with Gasteiger partial charge in [0.15, 0.2) is 0 Å². The van der Waals surface area contributed by atoms with E-state index in [1.54, 1.807) is 0 Å². The van der Waals surface area contributed by atoms with E-state index in [2.05, 4.69) is 44.8 Å². The minimum atomic E-state index is 0.884. The van der Waals surface area contributed by atoms with E-state index in [4.69, 9.17) is 0 Å². The van der Waals surface area contributed by atoms with Crippen LogP contribution in [0.5, 0.6) is 0 Å². The summed E-state index contributed by atoms with van der Waals surface area (Å²) < 4.78 is 0. The summed E-state index contributed by atoms with van der Waals surface area (Å²) in [6.45, 7) is 12.7. The van der Waals surface area contributed by atoms with Crippen LogP contribution in [0.1, 0.15) is 46.6 Å². The van der Waals surface area contributed by atoms with Gasteiger partial charge in [0.25, 0.3) is 0 Å². The molecule has 0 aliphatic carbocycles. The van der Waals surface area contributed by atoms with Gasteiger partial charge in [-0.1, -0.05) is 59.2 Å². The molecule has 0 N–H and O–H groups in total. The molecule has 1 heterocycles. The predicted molar refractivity (Wildman–Crippen MR) is 83.0 cm³/mol. The molecule has 1 aromatic heterocycles. The Morgan fingerprint density at radius 2 is 1.67 bits per heavy atom. The molecule has 1 heteroatoms. The Morgan fingerprint density at radius 1 is 1.11 bits per heavy atom. The molecule has 2 rings (SSSR count). The third-order valence-electron chi connectivity index (χ3n) is 2.54. The van der Waals surface area contributed by atoms with E-state index in [1.165, 1.54) is 17.4 Å². The van der Waals surface area contributed by atoms with Gasteiger partial charge in [-0.25, -0.2) is 0 Å². The number of nitrogens with zero attached hydrogens (tertiary/aromatic N) is 1. The molecule has 0 aliphatic rings. The van der Waals surface area contributed by atoms with E-state index < -0.39 is 0 Å². The quantitative estimate of drug-likeness (QED) is 0.635. The van der Waals surface area contributed by atoms with Crippen LogP contribution in [0.2, 0.25) is 0 Å². The fourth-order valence-corrected chi connectivity index (χ4v) is 1.18. The van der Waals surface area contributed by atoms with Gasteiger partial charge < -0.3 is 0 Å². The maximum absolute atomic E-state index is 4.28. The molecule has 0 aliphatic heterocycles. The highest BCUT2D eigenvalue weighted by Gasteiger charge is 1.90. The zero-order valence-corrected chi connectivity index (χ0v) is 12.7. The Morgan fingerprint density at radius 3 is 2.22 bits per heavy atom. The fourth-order valence-electron chi connectivity index (χ4n) is 1.18. The van der Waals surface area contributed by atoms with E-state index in [9.17, 15) is 0 Å². The first-order valence-electron chi connectivity index (χ1n) is 6.95. The third-order valence-corrected chi connectivity index (χ3v) is 2.54. The lowest BCUT2D eigenvalue weighted by atomic mass is 10.2. The molecule has 18 heavy (non-hydrogen) atoms. The second-order valence-corrected chi connectivity index (χ2v) is 4.51. The topological polar surface area (TPSA) is 12.9 Å². The van der Waals surface area contributed by atoms with Crippen molar-refractivity contribution in [2.24, 2.45) is 5.92 Å². The molecule has 0 saturated heterocycles. The molecule has 1 aromatic carbocycles. The predicted octanol–water partition coefficient (Wildman–Crippen LogP) is 5.62. The van der Waals surface area contributed by atoms with E-state index in [-0.39, 0.29) is 0 Å². The first-order chi connectivity index (χ1) is 8.63. The average molecular weight is 245 g/mol. The highest BCUT2D eigenvalue weighted by molar-refractivity contribution is 5.78. The highest BCUT2D eigenvalue weighted by atomic mass is 14.6. The van der Waals surface area contributed by atoms with Crippen LogP contribution >= 0.6 is 0 Å². The Kier molecular flexibility index (Phi) is 8.91. The molecule has 0 spiro atoms. The molecular formula is C17H27N. The van der Waals surface area contributed by atoms with Crippen molar-refractivity contribution in [3.05, 3.63) is 42.1 Å². The van der Waals surface area contributed by atoms with Crippen molar-refractivity contribution in [2.75, 3.05) is 0 Å². The zero-order valence-electron chi connectivity index (χ0n) is 12.7. The monoisotopic (exact) mass is 245 g/mol. The highest BCUT2D eigenvalue weighted by Crippen LogP contribution is 2.11. The summed E-state index contributed by atoms with van der Waals surface area (Å²) in [5.41, 5.74) is 2.28. The Bertz CT molecular complexity index is 432. The molecule has 0 amide bonds. The molecule has 0 radical (unpaired) electrons. The lowest BCUT2D eigenvalue weighted by Gasteiger charge is -1.95. The van der Waals surface area contributed by atoms with Crippen molar-refractivity contribution >= 4 is 10.9 Å². The Labute approximate surface area is 112 Å². The molecule has 0 unspecified atom stereocenters. The summed E-state index contributed by atoms with van der Waals surface area (Å²) in [5.74, 6) is 0.884. The summed E-state index contributed by atoms with van der Waals surface area (Å²) in [4.78, 5) is 4.28. The smallest absolute Gasteiger partial charge is 0.0702 e. The molecule has 0 atom stereocenters. The van der Waals surface area contributed by atoms with Crippen LogP contribution in [-0.4, -0.2) is 4.98 Å². The summed E-state index contributed by atoms with van der Waals surface area (Å²) in [5, 5.41) is 1.22. The summed E-state index contributed by atoms with van der Waals surface area (Å²) in [6.07, 6.45) is 3.20. The molecule has 0 saturated carbocycles. The second kappa shape index (κ2) is 9.64. The lowest BCUT2D eigenvalue weighted by molar-refractivity contribution is 0.626. The summed E-state index contributed by atoms with van der Waals surface area (Å²) in [6, 6.07) is 10.3. The van der Waals surface area contributed by atoms with Crippen molar-refractivity contribution in [2.45, 2.75) is 48.0 Å². The first kappa shape index (κ1) is 16.6. The van der Waals surface area contributed by atoms with Crippen molar-refractivity contribution in [1.82, 2.24) is 4.98 Å². The number of rotatable bonds is 1. The maximum Gasteiger partial charge on any atom is 0.0702 e. The number of hydrogen-bond donors (Lipinski definition) is 0. The fraction of sp³-hybridized carbons (Fsp3) is 0.471. The van der Waals surface area contributed by atoms with Crippen molar-refractivity contribution in [3.63, 3.8) is 0 Å². The maximum atomic E-state index is 4.28. The molecule has 2 aromatic rings. The molecular weight excluding hydrogens is 218 g/mol. The lowest BCUT2D eigenvalue weighted by Crippen LogP contribution is -1.78. The standard InChI is InChI=1S/C10H9N.C5H12.C2H6/c1-8-6-9-4-2-3-5-10(9)11-7-8;1-4-5(2)3;1-2/h2-7H,1H3;5H,4H2,1-3H3;1-2H3. The SMILES string of the molecule is CC.CCC(C)C.Cc1cnc2ccccc2c1. The Balaban J connectivity index is 0.000000354. The van der Waals surface area contributed by atoms with Gasteiger partial charge in [-0.3, -0.25) is 4.98 Å². The Hall–Kier alpha value is -1.37. The molecule has 1 nitrogen and oxygen atoms in total. The largest absolute Gasteiger partial charge is 0.256 e. The minimum Gasteiger partial charge on any atom is -0.256 e. The number of aromatic nitrogens is 1. The van der Waals surface area contributed by atoms with E-state index >= 15 is 0 Å². The van der Waals surface area contributed by atoms with Crippen molar-refractivity contribution in [1.29, 1.82) is 0 Å². The van der Waals surface area contributed by atoms with Crippen molar-refractivity contribution in [3.8, 4) is 0 Å². The van der Waals surface area contributed by atoms with Gasteiger partial charge in [0, 0.05) is 11.6 Å². The van der Waals surface area contributed by atoms with E-state index in [1.807, 2.05) is 38.2 Å². The normalized spacial score (nSPS) is 9.28. The van der Waals surface area contributed by atoms with Gasteiger partial charge in [0.1, 0.15) is 0 Å². The minimum absolute atomic E-state index is 0.884. The van der Waals surface area contributed by atoms with Crippen LogP contribution in [0.4, 0.5) is 0 Å². The summed E-state index contributed by atoms with van der Waals surface area (Å²) >= 11 is 0. The van der Waals surface area contributed by atoms with Crippen LogP contribution in [0.3, 0.4) is 0 Å². The van der Waals surface area contributed by atoms with Gasteiger partial charge in [-0.15, -0.1) is 0 Å². The summed E-state index contributed by atoms with van der Waals surface area (Å²) in [7, 11) is 0. The molecule has 0 bridgehead atoms. The molecule has 0 fully saturated rings. The number of pyridine rings is 1. The average Bonchev–Trinajstić information content (AvgIpc) is 2.41. The van der Waals surface area contributed by atoms with Crippen molar-refractivity contribution < 1.29 is 0 Å². The van der Waals surface area contributed by atoms with Crippen LogP contribution < -0.4 is 0 Å². The number of benzene rings is 1. The van der Waals surface area contributed by atoms with Crippen LogP contribution in [0, 0.1) is 12.8 Å². The van der Waals surface area contributed by atoms with E-state index in [0.29, 0.717) is 0 Å². The van der Waals surface area contributed by atoms with Gasteiger partial charge in [0.05, 0.1) is 5.52 Å². The molecule has 100 valence electrons. The first-order valence-corrected chi connectivity index (χ1v) is 6.95. The number of aryl methyl sites for hydroxylation is 1. The van der Waals surface area contributed by atoms with Gasteiger partial charge >= 0.3 is 0 Å². The second-order valence-electron chi connectivity index (χ2n) is 4.51. The van der Waals surface area contributed by atoms with Crippen LogP contribution in [-0.2, 0) is 0 Å². The van der Waals surface area contributed by atoms with E-state index in [0.717, 1.165) is 11.4 Å². The van der Waals surface area contributed by atoms with Gasteiger partial charge in [-0.05, 0) is 30.5 Å². The van der Waals surface area contributed by atoms with Crippen LogP contribution in [0.25, 0.3) is 10.9 Å². The number of fused-ring (bicyclic) bond motifs is 1. The number of para-hydroxylation sites is 1.